The van der Waals surface area contributed by atoms with E-state index in [1.807, 2.05) is 12.1 Å². The van der Waals surface area contributed by atoms with Gasteiger partial charge in [-0.15, -0.1) is 0 Å². The molecule has 2 nitrogen and oxygen atoms in total. The first-order valence-corrected chi connectivity index (χ1v) is 8.99. The van der Waals surface area contributed by atoms with Crippen LogP contribution in [0.25, 0.3) is 0 Å². The fraction of sp³-hybridized carbons (Fsp3) is 0.478. The number of hydrogen-bond donors (Lipinski definition) is 1. The molecule has 0 radical (unpaired) electrons. The van der Waals surface area contributed by atoms with Crippen molar-refractivity contribution in [3.8, 4) is 0 Å². The third-order valence-corrected chi connectivity index (χ3v) is 5.77. The topological polar surface area (TPSA) is 29.5 Å². The second-order valence-corrected chi connectivity index (χ2v) is 7.54. The van der Waals surface area contributed by atoms with Crippen LogP contribution in [0, 0.1) is 25.6 Å². The lowest BCUT2D eigenvalue weighted by molar-refractivity contribution is 0.0923. The third-order valence-electron chi connectivity index (χ3n) is 5.77. The molecule has 2 aromatic rings. The minimum Gasteiger partial charge on any atom is -0.390 e. The smallest absolute Gasteiger partial charge is 0.126 e. The molecule has 1 fully saturated rings. The van der Waals surface area contributed by atoms with Crippen LogP contribution in [0.3, 0.4) is 0 Å². The average molecular weight is 358 g/mol. The van der Waals surface area contributed by atoms with Crippen LogP contribution >= 0.6 is 0 Å². The first-order valence-electron chi connectivity index (χ1n) is 8.99. The van der Waals surface area contributed by atoms with Crippen molar-refractivity contribution in [3.63, 3.8) is 0 Å². The Balaban J connectivity index is 0.00000243. The highest BCUT2D eigenvalue weighted by molar-refractivity contribution is 5.33. The fourth-order valence-electron chi connectivity index (χ4n) is 4.12. The molecule has 1 aliphatic rings. The standard InChI is InChI=1S/C22H27FO2.CH4/c1-15-8-9-17(16(2)12-15)10-11-22(3,19-13-25-14-21(19)24)18-6-4-5-7-20(18)23;/h4-9,12,19,21,24H,10-11,13-14H2,1-3H3;1H4/t19-,21+,22+;/m0./s1. The van der Waals surface area contributed by atoms with Crippen molar-refractivity contribution < 1.29 is 14.2 Å². The number of aliphatic hydroxyl groups excluding tert-OH is 1. The number of aliphatic hydroxyl groups is 1. The molecule has 1 saturated heterocycles. The van der Waals surface area contributed by atoms with Crippen LogP contribution in [0.4, 0.5) is 4.39 Å². The second-order valence-electron chi connectivity index (χ2n) is 7.54. The monoisotopic (exact) mass is 358 g/mol. The van der Waals surface area contributed by atoms with Crippen molar-refractivity contribution in [2.45, 2.75) is 52.6 Å². The van der Waals surface area contributed by atoms with Gasteiger partial charge in [0.05, 0.1) is 19.3 Å². The normalized spacial score (nSPS) is 21.9. The lowest BCUT2D eigenvalue weighted by Gasteiger charge is -2.37. The van der Waals surface area contributed by atoms with Crippen molar-refractivity contribution in [1.29, 1.82) is 0 Å². The van der Waals surface area contributed by atoms with Crippen LogP contribution in [0.2, 0.25) is 0 Å². The molecule has 1 N–H and O–H groups in total. The molecule has 0 spiro atoms. The molecule has 1 heterocycles. The molecule has 26 heavy (non-hydrogen) atoms. The Morgan fingerprint density at radius 2 is 1.88 bits per heavy atom. The molecular weight excluding hydrogens is 327 g/mol. The fourth-order valence-corrected chi connectivity index (χ4v) is 4.12. The highest BCUT2D eigenvalue weighted by Gasteiger charge is 2.44. The van der Waals surface area contributed by atoms with Crippen molar-refractivity contribution in [2.24, 2.45) is 5.92 Å². The lowest BCUT2D eigenvalue weighted by Crippen LogP contribution is -2.40. The molecule has 0 aliphatic carbocycles. The van der Waals surface area contributed by atoms with Gasteiger partial charge in [0.25, 0.3) is 0 Å². The Labute approximate surface area is 157 Å². The molecular formula is C23H31FO2. The van der Waals surface area contributed by atoms with E-state index in [0.29, 0.717) is 18.8 Å². The van der Waals surface area contributed by atoms with Gasteiger partial charge in [-0.1, -0.05) is 56.3 Å². The second kappa shape index (κ2) is 8.32. The Morgan fingerprint density at radius 1 is 1.15 bits per heavy atom. The zero-order chi connectivity index (χ0) is 18.0. The van der Waals surface area contributed by atoms with Crippen LogP contribution in [0.15, 0.2) is 42.5 Å². The van der Waals surface area contributed by atoms with Gasteiger partial charge in [0.1, 0.15) is 5.82 Å². The Kier molecular flexibility index (Phi) is 6.59. The first-order chi connectivity index (χ1) is 11.9. The Bertz CT molecular complexity index is 743. The number of benzene rings is 2. The summed E-state index contributed by atoms with van der Waals surface area (Å²) >= 11 is 0. The summed E-state index contributed by atoms with van der Waals surface area (Å²) in [5, 5.41) is 10.4. The maximum atomic E-state index is 14.6. The molecule has 0 unspecified atom stereocenters. The van der Waals surface area contributed by atoms with E-state index in [4.69, 9.17) is 4.74 Å². The summed E-state index contributed by atoms with van der Waals surface area (Å²) in [7, 11) is 0. The van der Waals surface area contributed by atoms with Gasteiger partial charge in [0.15, 0.2) is 0 Å². The third kappa shape index (κ3) is 3.99. The number of ether oxygens (including phenoxy) is 1. The molecule has 142 valence electrons. The van der Waals surface area contributed by atoms with Gasteiger partial charge in [0, 0.05) is 11.3 Å². The Hall–Kier alpha value is -1.71. The number of aryl methyl sites for hydroxylation is 3. The Morgan fingerprint density at radius 3 is 2.50 bits per heavy atom. The van der Waals surface area contributed by atoms with E-state index in [1.54, 1.807) is 6.07 Å². The molecule has 1 aliphatic heterocycles. The van der Waals surface area contributed by atoms with Crippen LogP contribution < -0.4 is 0 Å². The van der Waals surface area contributed by atoms with Crippen LogP contribution in [-0.4, -0.2) is 24.4 Å². The van der Waals surface area contributed by atoms with Crippen LogP contribution in [0.1, 0.15) is 43.0 Å². The van der Waals surface area contributed by atoms with Crippen LogP contribution in [-0.2, 0) is 16.6 Å². The van der Waals surface area contributed by atoms with Crippen LogP contribution in [0.5, 0.6) is 0 Å². The average Bonchev–Trinajstić information content (AvgIpc) is 3.01. The van der Waals surface area contributed by atoms with E-state index < -0.39 is 11.5 Å². The first kappa shape index (κ1) is 20.6. The molecule has 3 atom stereocenters. The van der Waals surface area contributed by atoms with Crippen molar-refractivity contribution in [1.82, 2.24) is 0 Å². The summed E-state index contributed by atoms with van der Waals surface area (Å²) in [5.41, 5.74) is 3.99. The van der Waals surface area contributed by atoms with Gasteiger partial charge in [-0.3, -0.25) is 0 Å². The predicted molar refractivity (Wildman–Crippen MR) is 105 cm³/mol. The van der Waals surface area contributed by atoms with Gasteiger partial charge in [-0.25, -0.2) is 4.39 Å². The summed E-state index contributed by atoms with van der Waals surface area (Å²) in [6.07, 6.45) is 1.06. The van der Waals surface area contributed by atoms with E-state index in [0.717, 1.165) is 12.8 Å². The van der Waals surface area contributed by atoms with Gasteiger partial charge in [-0.05, 0) is 49.4 Å². The molecule has 0 saturated carbocycles. The maximum absolute atomic E-state index is 14.6. The molecule has 0 bridgehead atoms. The summed E-state index contributed by atoms with van der Waals surface area (Å²) in [6.45, 7) is 7.08. The number of hydrogen-bond acceptors (Lipinski definition) is 2. The largest absolute Gasteiger partial charge is 0.390 e. The van der Waals surface area contributed by atoms with Crippen molar-refractivity contribution in [2.75, 3.05) is 13.2 Å². The van der Waals surface area contributed by atoms with E-state index >= 15 is 0 Å². The molecule has 0 amide bonds. The van der Waals surface area contributed by atoms with Crippen molar-refractivity contribution in [3.05, 3.63) is 70.5 Å². The zero-order valence-corrected chi connectivity index (χ0v) is 15.3. The van der Waals surface area contributed by atoms with Gasteiger partial charge in [0.2, 0.25) is 0 Å². The minimum absolute atomic E-state index is 0. The van der Waals surface area contributed by atoms with Gasteiger partial charge in [-0.2, -0.15) is 0 Å². The van der Waals surface area contributed by atoms with E-state index in [-0.39, 0.29) is 19.2 Å². The summed E-state index contributed by atoms with van der Waals surface area (Å²) in [4.78, 5) is 0. The highest BCUT2D eigenvalue weighted by Crippen LogP contribution is 2.42. The lowest BCUT2D eigenvalue weighted by atomic mass is 9.67. The minimum atomic E-state index is -0.552. The van der Waals surface area contributed by atoms with Crippen molar-refractivity contribution >= 4 is 0 Å². The van der Waals surface area contributed by atoms with E-state index in [1.165, 1.54) is 22.8 Å². The summed E-state index contributed by atoms with van der Waals surface area (Å²) < 4.78 is 20.1. The summed E-state index contributed by atoms with van der Waals surface area (Å²) in [5.74, 6) is -0.306. The van der Waals surface area contributed by atoms with Gasteiger partial charge >= 0.3 is 0 Å². The maximum Gasteiger partial charge on any atom is 0.126 e. The number of rotatable bonds is 5. The molecule has 2 aromatic carbocycles. The van der Waals surface area contributed by atoms with Gasteiger partial charge < -0.3 is 9.84 Å². The molecule has 0 aromatic heterocycles. The summed E-state index contributed by atoms with van der Waals surface area (Å²) in [6, 6.07) is 13.4. The number of halogens is 1. The zero-order valence-electron chi connectivity index (χ0n) is 15.3. The van der Waals surface area contributed by atoms with E-state index in [9.17, 15) is 9.50 Å². The predicted octanol–water partition coefficient (Wildman–Crippen LogP) is 4.98. The SMILES string of the molecule is C.Cc1ccc(CC[C@](C)(c2ccccc2F)[C@H]2COC[C@H]2O)c(C)c1. The van der Waals surface area contributed by atoms with E-state index in [2.05, 4.69) is 39.0 Å². The molecule has 3 rings (SSSR count). The highest BCUT2D eigenvalue weighted by atomic mass is 19.1. The quantitative estimate of drug-likeness (QED) is 0.817. The molecule has 3 heteroatoms.